The van der Waals surface area contributed by atoms with Gasteiger partial charge in [-0.3, -0.25) is 25.3 Å². The molecule has 13 heteroatoms. The van der Waals surface area contributed by atoms with Crippen LogP contribution in [0.4, 0.5) is 39.0 Å². The van der Waals surface area contributed by atoms with Gasteiger partial charge in [-0.2, -0.15) is 13.2 Å². The molecule has 3 rings (SSSR count). The van der Waals surface area contributed by atoms with Crippen LogP contribution < -0.4 is 22.1 Å². The van der Waals surface area contributed by atoms with Crippen LogP contribution in [-0.4, -0.2) is 28.7 Å². The van der Waals surface area contributed by atoms with Crippen LogP contribution >= 0.6 is 0 Å². The lowest BCUT2D eigenvalue weighted by atomic mass is 10.1. The molecule has 0 bridgehead atoms. The number of aromatic nitrogens is 1. The fourth-order valence-electron chi connectivity index (χ4n) is 3.28. The Balaban J connectivity index is 1.83. The Hall–Kier alpha value is -4.39. The zero-order valence-corrected chi connectivity index (χ0v) is 20.8. The summed E-state index contributed by atoms with van der Waals surface area (Å²) in [5.41, 5.74) is 8.71. The first-order valence-electron chi connectivity index (χ1n) is 11.4. The predicted molar refractivity (Wildman–Crippen MR) is 137 cm³/mol. The summed E-state index contributed by atoms with van der Waals surface area (Å²) < 4.78 is 66.6. The summed E-state index contributed by atoms with van der Waals surface area (Å²) in [5, 5.41) is 4.90. The molecular weight excluding hydrogens is 523 g/mol. The molecule has 2 amide bonds. The van der Waals surface area contributed by atoms with Crippen molar-refractivity contribution in [3.8, 4) is 0 Å². The molecule has 1 atom stereocenters. The Morgan fingerprint density at radius 3 is 2.46 bits per heavy atom. The van der Waals surface area contributed by atoms with Gasteiger partial charge in [0.05, 0.1) is 16.8 Å². The van der Waals surface area contributed by atoms with Crippen molar-refractivity contribution in [1.29, 1.82) is 0 Å². The number of carbonyl (C=O) groups excluding carboxylic acids is 2. The first-order chi connectivity index (χ1) is 18.1. The minimum atomic E-state index is -4.53. The third kappa shape index (κ3) is 7.80. The fraction of sp³-hybridized carbons (Fsp3) is 0.231. The van der Waals surface area contributed by atoms with Gasteiger partial charge < -0.3 is 16.4 Å². The van der Waals surface area contributed by atoms with Crippen LogP contribution in [0.15, 0.2) is 59.7 Å². The number of hydrogen-bond donors (Lipinski definition) is 4. The van der Waals surface area contributed by atoms with Crippen molar-refractivity contribution in [1.82, 2.24) is 10.3 Å². The summed E-state index contributed by atoms with van der Waals surface area (Å²) in [6, 6.07) is 9.95. The Morgan fingerprint density at radius 1 is 1.10 bits per heavy atom. The number of alkyl halides is 5. The zero-order chi connectivity index (χ0) is 29.0. The maximum absolute atomic E-state index is 14.0. The number of halogens is 5. The number of rotatable bonds is 8. The Kier molecular flexibility index (Phi) is 8.64. The van der Waals surface area contributed by atoms with Crippen molar-refractivity contribution < 1.29 is 31.5 Å². The highest BCUT2D eigenvalue weighted by Crippen LogP contribution is 2.31. The van der Waals surface area contributed by atoms with E-state index in [1.807, 2.05) is 0 Å². The molecular formula is C26H25F5N6O2. The number of amides is 2. The zero-order valence-electron chi connectivity index (χ0n) is 20.8. The van der Waals surface area contributed by atoms with Crippen LogP contribution in [0.1, 0.15) is 52.9 Å². The van der Waals surface area contributed by atoms with E-state index in [-0.39, 0.29) is 46.0 Å². The molecule has 1 unspecified atom stereocenters. The molecule has 0 aliphatic carbocycles. The van der Waals surface area contributed by atoms with E-state index in [0.717, 1.165) is 26.0 Å². The number of pyridine rings is 1. The first-order valence-corrected chi connectivity index (χ1v) is 11.4. The van der Waals surface area contributed by atoms with Crippen LogP contribution in [-0.2, 0) is 17.5 Å². The largest absolute Gasteiger partial charge is 0.416 e. The summed E-state index contributed by atoms with van der Waals surface area (Å²) in [4.78, 5) is 32.7. The number of nitrogen functional groups attached to an aromatic ring is 1. The van der Waals surface area contributed by atoms with E-state index in [4.69, 9.17) is 11.5 Å². The maximum atomic E-state index is 14.0. The predicted octanol–water partition coefficient (Wildman–Crippen LogP) is 4.98. The smallest absolute Gasteiger partial charge is 0.398 e. The number of nitrogens with zero attached hydrogens (tertiary/aromatic N) is 2. The third-order valence-corrected chi connectivity index (χ3v) is 5.34. The molecule has 0 radical (unpaired) electrons. The molecule has 0 spiro atoms. The van der Waals surface area contributed by atoms with Crippen LogP contribution in [0, 0.1) is 0 Å². The lowest BCUT2D eigenvalue weighted by Gasteiger charge is -2.15. The van der Waals surface area contributed by atoms with E-state index in [1.165, 1.54) is 48.8 Å². The molecule has 0 aliphatic rings. The van der Waals surface area contributed by atoms with Crippen molar-refractivity contribution in [3.63, 3.8) is 0 Å². The van der Waals surface area contributed by atoms with Gasteiger partial charge >= 0.3 is 6.18 Å². The summed E-state index contributed by atoms with van der Waals surface area (Å²) in [5.74, 6) is -1.68. The summed E-state index contributed by atoms with van der Waals surface area (Å²) in [7, 11) is 0. The third-order valence-electron chi connectivity index (χ3n) is 5.34. The van der Waals surface area contributed by atoms with Crippen molar-refractivity contribution in [3.05, 3.63) is 82.7 Å². The van der Waals surface area contributed by atoms with Crippen molar-refractivity contribution in [2.75, 3.05) is 11.1 Å². The van der Waals surface area contributed by atoms with Crippen molar-refractivity contribution in [2.45, 2.75) is 38.5 Å². The molecule has 0 saturated carbocycles. The van der Waals surface area contributed by atoms with E-state index in [1.54, 1.807) is 0 Å². The van der Waals surface area contributed by atoms with Crippen molar-refractivity contribution >= 4 is 35.1 Å². The Bertz CT molecular complexity index is 1400. The van der Waals surface area contributed by atoms with Gasteiger partial charge in [0.25, 0.3) is 11.8 Å². The second-order valence-corrected chi connectivity index (χ2v) is 8.94. The van der Waals surface area contributed by atoms with E-state index in [9.17, 15) is 31.5 Å². The van der Waals surface area contributed by atoms with Gasteiger partial charge in [0.1, 0.15) is 5.69 Å². The van der Waals surface area contributed by atoms with Gasteiger partial charge in [-0.15, -0.1) is 0 Å². The van der Waals surface area contributed by atoms with E-state index in [0.29, 0.717) is 0 Å². The normalized spacial score (nSPS) is 12.8. The van der Waals surface area contributed by atoms with Crippen LogP contribution in [0.2, 0.25) is 0 Å². The SMILES string of the molecule is CC(C)(F)C(=O)NCc1cnc(C(N)F)c(C(=O)Nc2ccc(N)c(C=Nc3cccc(C(F)(F)F)c3)c2)c1. The quantitative estimate of drug-likeness (QED) is 0.136. The average Bonchev–Trinajstić information content (AvgIpc) is 2.86. The van der Waals surface area contributed by atoms with E-state index in [2.05, 4.69) is 20.6 Å². The van der Waals surface area contributed by atoms with E-state index < -0.39 is 35.5 Å². The summed E-state index contributed by atoms with van der Waals surface area (Å²) in [6.07, 6.45) is -4.19. The van der Waals surface area contributed by atoms with Crippen LogP contribution in [0.5, 0.6) is 0 Å². The molecule has 6 N–H and O–H groups in total. The van der Waals surface area contributed by atoms with Gasteiger partial charge in [0.2, 0.25) is 0 Å². The molecule has 2 aromatic carbocycles. The Morgan fingerprint density at radius 2 is 1.82 bits per heavy atom. The molecule has 3 aromatic rings. The second kappa shape index (κ2) is 11.6. The first kappa shape index (κ1) is 29.2. The van der Waals surface area contributed by atoms with Gasteiger partial charge in [-0.25, -0.2) is 8.78 Å². The highest BCUT2D eigenvalue weighted by atomic mass is 19.4. The number of anilines is 2. The summed E-state index contributed by atoms with van der Waals surface area (Å²) >= 11 is 0. The molecule has 206 valence electrons. The van der Waals surface area contributed by atoms with Crippen LogP contribution in [0.3, 0.4) is 0 Å². The minimum Gasteiger partial charge on any atom is -0.398 e. The van der Waals surface area contributed by atoms with Gasteiger partial charge in [0, 0.05) is 35.9 Å². The monoisotopic (exact) mass is 548 g/mol. The van der Waals surface area contributed by atoms with Crippen molar-refractivity contribution in [2.24, 2.45) is 10.7 Å². The topological polar surface area (TPSA) is 135 Å². The highest BCUT2D eigenvalue weighted by molar-refractivity contribution is 6.06. The molecule has 0 fully saturated rings. The van der Waals surface area contributed by atoms with E-state index >= 15 is 0 Å². The summed E-state index contributed by atoms with van der Waals surface area (Å²) in [6.45, 7) is 1.98. The average molecular weight is 549 g/mol. The number of aliphatic imine (C=N–C) groups is 1. The van der Waals surface area contributed by atoms with Crippen LogP contribution in [0.25, 0.3) is 0 Å². The number of carbonyl (C=O) groups is 2. The minimum absolute atomic E-state index is 0.0337. The maximum Gasteiger partial charge on any atom is 0.416 e. The number of nitrogens with two attached hydrogens (primary N) is 2. The molecule has 1 heterocycles. The lowest BCUT2D eigenvalue weighted by molar-refractivity contribution is -0.137. The van der Waals surface area contributed by atoms with Gasteiger partial charge in [0.15, 0.2) is 12.0 Å². The fourth-order valence-corrected chi connectivity index (χ4v) is 3.28. The molecule has 0 aliphatic heterocycles. The lowest BCUT2D eigenvalue weighted by Crippen LogP contribution is -2.38. The number of benzene rings is 2. The highest BCUT2D eigenvalue weighted by Gasteiger charge is 2.30. The molecule has 0 saturated heterocycles. The standard InChI is InChI=1S/C26H25F5N6O2/c1-25(2,28)24(39)36-12-14-8-19(21(22(27)33)35-11-14)23(38)37-18-6-7-20(32)15(9-18)13-34-17-5-3-4-16(10-17)26(29,30)31/h3-11,13,22H,12,32-33H2,1-2H3,(H,36,39)(H,37,38). The number of hydrogen-bond acceptors (Lipinski definition) is 6. The Labute approximate surface area is 220 Å². The molecule has 1 aromatic heterocycles. The van der Waals surface area contributed by atoms with Gasteiger partial charge in [-0.05, 0) is 61.9 Å². The molecule has 39 heavy (non-hydrogen) atoms. The second-order valence-electron chi connectivity index (χ2n) is 8.94. The number of nitrogens with one attached hydrogen (secondary N) is 2. The molecule has 8 nitrogen and oxygen atoms in total. The van der Waals surface area contributed by atoms with Gasteiger partial charge in [-0.1, -0.05) is 6.07 Å².